The quantitative estimate of drug-likeness (QED) is 0.315. The highest BCUT2D eigenvalue weighted by molar-refractivity contribution is 6.08. The van der Waals surface area contributed by atoms with Gasteiger partial charge in [0.05, 0.1) is 5.56 Å². The minimum absolute atomic E-state index is 0.132. The number of carbonyl (C=O) groups is 1. The molecule has 0 aliphatic rings. The minimum Gasteiger partial charge on any atom is -0.289 e. The van der Waals surface area contributed by atoms with Crippen LogP contribution in [0.2, 0.25) is 0 Å². The van der Waals surface area contributed by atoms with Crippen LogP contribution in [0, 0.1) is 0 Å². The first-order valence-electron chi connectivity index (χ1n) is 8.39. The van der Waals surface area contributed by atoms with Crippen molar-refractivity contribution in [2.24, 2.45) is 0 Å². The third-order valence-corrected chi connectivity index (χ3v) is 4.00. The third-order valence-electron chi connectivity index (χ3n) is 4.00. The second kappa shape index (κ2) is 8.65. The summed E-state index contributed by atoms with van der Waals surface area (Å²) in [5, 5.41) is 0. The lowest BCUT2D eigenvalue weighted by Gasteiger charge is -2.11. The molecule has 0 aliphatic heterocycles. The number of halogens is 3. The fourth-order valence-corrected chi connectivity index (χ4v) is 2.58. The molecule has 1 nitrogen and oxygen atoms in total. The monoisotopic (exact) mass is 346 g/mol. The van der Waals surface area contributed by atoms with Gasteiger partial charge in [-0.3, -0.25) is 4.79 Å². The van der Waals surface area contributed by atoms with Crippen molar-refractivity contribution in [3.63, 3.8) is 0 Å². The Morgan fingerprint density at radius 2 is 1.56 bits per heavy atom. The molecule has 0 N–H and O–H groups in total. The molecule has 0 unspecified atom stereocenters. The summed E-state index contributed by atoms with van der Waals surface area (Å²) in [6.45, 7) is 2.08. The highest BCUT2D eigenvalue weighted by Crippen LogP contribution is 2.31. The van der Waals surface area contributed by atoms with Crippen LogP contribution in [-0.4, -0.2) is 5.78 Å². The van der Waals surface area contributed by atoms with E-state index in [0.717, 1.165) is 37.0 Å². The minimum atomic E-state index is -4.36. The SMILES string of the molecule is CCCCCC(=CC(=O)c1ccccc1)c1ccc(C(F)(F)F)cc1. The second-order valence-electron chi connectivity index (χ2n) is 5.93. The van der Waals surface area contributed by atoms with Gasteiger partial charge in [-0.2, -0.15) is 13.2 Å². The van der Waals surface area contributed by atoms with E-state index < -0.39 is 11.7 Å². The molecule has 0 amide bonds. The van der Waals surface area contributed by atoms with E-state index in [1.807, 2.05) is 6.07 Å². The van der Waals surface area contributed by atoms with Crippen LogP contribution < -0.4 is 0 Å². The summed E-state index contributed by atoms with van der Waals surface area (Å²) in [5.41, 5.74) is 1.32. The molecule has 0 spiro atoms. The second-order valence-corrected chi connectivity index (χ2v) is 5.93. The average molecular weight is 346 g/mol. The van der Waals surface area contributed by atoms with Crippen molar-refractivity contribution in [1.82, 2.24) is 0 Å². The van der Waals surface area contributed by atoms with Gasteiger partial charge in [0.2, 0.25) is 0 Å². The molecular weight excluding hydrogens is 325 g/mol. The van der Waals surface area contributed by atoms with Crippen LogP contribution in [0.4, 0.5) is 13.2 Å². The van der Waals surface area contributed by atoms with Gasteiger partial charge >= 0.3 is 6.18 Å². The highest BCUT2D eigenvalue weighted by Gasteiger charge is 2.30. The first-order valence-corrected chi connectivity index (χ1v) is 8.39. The van der Waals surface area contributed by atoms with Gasteiger partial charge in [-0.1, -0.05) is 62.2 Å². The summed E-state index contributed by atoms with van der Waals surface area (Å²) >= 11 is 0. The standard InChI is InChI=1S/C21H21F3O/c1-2-3-5-10-18(15-20(25)17-8-6-4-7-9-17)16-11-13-19(14-12-16)21(22,23)24/h4,6-9,11-15H,2-3,5,10H2,1H3. The van der Waals surface area contributed by atoms with E-state index in [1.54, 1.807) is 30.3 Å². The first-order chi connectivity index (χ1) is 11.9. The van der Waals surface area contributed by atoms with E-state index in [1.165, 1.54) is 12.1 Å². The lowest BCUT2D eigenvalue weighted by Crippen LogP contribution is -2.04. The van der Waals surface area contributed by atoms with Crippen LogP contribution in [0.3, 0.4) is 0 Å². The van der Waals surface area contributed by atoms with Crippen LogP contribution in [0.1, 0.15) is 54.1 Å². The average Bonchev–Trinajstić information content (AvgIpc) is 2.61. The summed E-state index contributed by atoms with van der Waals surface area (Å²) in [4.78, 5) is 12.4. The Kier molecular flexibility index (Phi) is 6.57. The fraction of sp³-hybridized carbons (Fsp3) is 0.286. The van der Waals surface area contributed by atoms with Crippen LogP contribution in [0.5, 0.6) is 0 Å². The van der Waals surface area contributed by atoms with E-state index in [4.69, 9.17) is 0 Å². The molecule has 4 heteroatoms. The van der Waals surface area contributed by atoms with Gasteiger partial charge in [0.25, 0.3) is 0 Å². The third kappa shape index (κ3) is 5.59. The number of unbranched alkanes of at least 4 members (excludes halogenated alkanes) is 2. The summed E-state index contributed by atoms with van der Waals surface area (Å²) in [6.07, 6.45) is 0.797. The Balaban J connectivity index is 2.29. The first kappa shape index (κ1) is 19.0. The molecule has 0 fully saturated rings. The summed E-state index contributed by atoms with van der Waals surface area (Å²) in [6, 6.07) is 13.9. The molecule has 0 radical (unpaired) electrons. The van der Waals surface area contributed by atoms with Crippen molar-refractivity contribution in [1.29, 1.82) is 0 Å². The molecule has 2 aromatic carbocycles. The fourth-order valence-electron chi connectivity index (χ4n) is 2.58. The van der Waals surface area contributed by atoms with Crippen molar-refractivity contribution in [3.05, 3.63) is 77.4 Å². The lowest BCUT2D eigenvalue weighted by molar-refractivity contribution is -0.137. The van der Waals surface area contributed by atoms with Crippen LogP contribution in [0.15, 0.2) is 60.7 Å². The Bertz CT molecular complexity index is 713. The smallest absolute Gasteiger partial charge is 0.289 e. The van der Waals surface area contributed by atoms with Crippen molar-refractivity contribution in [2.45, 2.75) is 38.8 Å². The molecular formula is C21H21F3O. The predicted molar refractivity (Wildman–Crippen MR) is 94.3 cm³/mol. The number of benzene rings is 2. The van der Waals surface area contributed by atoms with E-state index in [9.17, 15) is 18.0 Å². The molecule has 0 heterocycles. The van der Waals surface area contributed by atoms with E-state index in [-0.39, 0.29) is 5.78 Å². The maximum atomic E-state index is 12.7. The number of ketones is 1. The van der Waals surface area contributed by atoms with E-state index >= 15 is 0 Å². The Morgan fingerprint density at radius 3 is 2.12 bits per heavy atom. The lowest BCUT2D eigenvalue weighted by atomic mass is 9.96. The zero-order valence-corrected chi connectivity index (χ0v) is 14.1. The largest absolute Gasteiger partial charge is 0.416 e. The molecule has 0 saturated heterocycles. The van der Waals surface area contributed by atoms with Crippen LogP contribution in [0.25, 0.3) is 5.57 Å². The molecule has 25 heavy (non-hydrogen) atoms. The molecule has 2 aromatic rings. The zero-order chi connectivity index (χ0) is 18.3. The van der Waals surface area contributed by atoms with Gasteiger partial charge in [0.15, 0.2) is 5.78 Å². The Morgan fingerprint density at radius 1 is 0.920 bits per heavy atom. The number of carbonyl (C=O) groups excluding carboxylic acids is 1. The van der Waals surface area contributed by atoms with Crippen LogP contribution >= 0.6 is 0 Å². The number of alkyl halides is 3. The van der Waals surface area contributed by atoms with Gasteiger partial charge < -0.3 is 0 Å². The summed E-state index contributed by atoms with van der Waals surface area (Å²) in [5.74, 6) is -0.132. The number of allylic oxidation sites excluding steroid dienone is 2. The van der Waals surface area contributed by atoms with Gasteiger partial charge in [-0.15, -0.1) is 0 Å². The van der Waals surface area contributed by atoms with Crippen molar-refractivity contribution in [2.75, 3.05) is 0 Å². The summed E-state index contributed by atoms with van der Waals surface area (Å²) in [7, 11) is 0. The predicted octanol–water partition coefficient (Wildman–Crippen LogP) is 6.55. The molecule has 132 valence electrons. The number of rotatable bonds is 7. The van der Waals surface area contributed by atoms with E-state index in [0.29, 0.717) is 17.5 Å². The van der Waals surface area contributed by atoms with Gasteiger partial charge in [-0.25, -0.2) is 0 Å². The van der Waals surface area contributed by atoms with Gasteiger partial charge in [0, 0.05) is 5.56 Å². The van der Waals surface area contributed by atoms with E-state index in [2.05, 4.69) is 6.92 Å². The zero-order valence-electron chi connectivity index (χ0n) is 14.1. The molecule has 2 rings (SSSR count). The van der Waals surface area contributed by atoms with Gasteiger partial charge in [-0.05, 0) is 42.2 Å². The topological polar surface area (TPSA) is 17.1 Å². The van der Waals surface area contributed by atoms with Crippen molar-refractivity contribution >= 4 is 11.4 Å². The Hall–Kier alpha value is -2.36. The summed E-state index contributed by atoms with van der Waals surface area (Å²) < 4.78 is 38.2. The molecule has 0 aromatic heterocycles. The Labute approximate surface area is 146 Å². The number of hydrogen-bond donors (Lipinski definition) is 0. The normalized spacial score (nSPS) is 12.2. The molecule has 0 aliphatic carbocycles. The molecule has 0 bridgehead atoms. The van der Waals surface area contributed by atoms with Gasteiger partial charge in [0.1, 0.15) is 0 Å². The maximum absolute atomic E-state index is 12.7. The van der Waals surface area contributed by atoms with Crippen LogP contribution in [-0.2, 0) is 6.18 Å². The maximum Gasteiger partial charge on any atom is 0.416 e. The number of hydrogen-bond acceptors (Lipinski definition) is 1. The van der Waals surface area contributed by atoms with Crippen molar-refractivity contribution in [3.8, 4) is 0 Å². The molecule has 0 saturated carbocycles. The molecule has 0 atom stereocenters. The highest BCUT2D eigenvalue weighted by atomic mass is 19.4. The van der Waals surface area contributed by atoms with Crippen molar-refractivity contribution < 1.29 is 18.0 Å².